The lowest BCUT2D eigenvalue weighted by Crippen LogP contribution is -2.67. The Bertz CT molecular complexity index is 1310. The molecular formula is C39H63FN2O2S. The van der Waals surface area contributed by atoms with Crippen LogP contribution in [0.5, 0.6) is 0 Å². The maximum Gasteiger partial charge on any atom is 0.152 e. The van der Waals surface area contributed by atoms with Gasteiger partial charge in [-0.1, -0.05) is 53.2 Å². The van der Waals surface area contributed by atoms with E-state index in [-0.39, 0.29) is 23.5 Å². The molecule has 0 amide bonds. The molecule has 0 aromatic carbocycles. The van der Waals surface area contributed by atoms with E-state index >= 15 is 0 Å². The monoisotopic (exact) mass is 642 g/mol. The third kappa shape index (κ3) is 5.10. The van der Waals surface area contributed by atoms with Gasteiger partial charge in [-0.2, -0.15) is 0 Å². The lowest BCUT2D eigenvalue weighted by atomic mass is 9.33. The van der Waals surface area contributed by atoms with E-state index < -0.39 is 9.84 Å². The van der Waals surface area contributed by atoms with E-state index in [9.17, 15) is 12.8 Å². The summed E-state index contributed by atoms with van der Waals surface area (Å²) in [6.45, 7) is 16.5. The molecule has 6 aliphatic carbocycles. The molecule has 6 heteroatoms. The van der Waals surface area contributed by atoms with Crippen LogP contribution in [-0.4, -0.2) is 63.2 Å². The average Bonchev–Trinajstić information content (AvgIpc) is 3.42. The first kappa shape index (κ1) is 32.8. The third-order valence-electron chi connectivity index (χ3n) is 16.4. The minimum atomic E-state index is -2.82. The zero-order valence-corrected chi connectivity index (χ0v) is 30.1. The Morgan fingerprint density at radius 1 is 0.867 bits per heavy atom. The molecule has 45 heavy (non-hydrogen) atoms. The summed E-state index contributed by atoms with van der Waals surface area (Å²) in [6.07, 6.45) is 21.5. The molecule has 0 spiro atoms. The average molecular weight is 643 g/mol. The van der Waals surface area contributed by atoms with Crippen molar-refractivity contribution < 1.29 is 12.8 Å². The Labute approximate surface area is 274 Å². The predicted molar refractivity (Wildman–Crippen MR) is 184 cm³/mol. The van der Waals surface area contributed by atoms with Crippen LogP contribution in [0.25, 0.3) is 0 Å². The van der Waals surface area contributed by atoms with Crippen LogP contribution in [0.1, 0.15) is 118 Å². The van der Waals surface area contributed by atoms with Crippen molar-refractivity contribution in [2.24, 2.45) is 51.2 Å². The van der Waals surface area contributed by atoms with E-state index in [4.69, 9.17) is 0 Å². The number of hydrogen-bond acceptors (Lipinski definition) is 4. The summed E-state index contributed by atoms with van der Waals surface area (Å²) < 4.78 is 37.2. The number of sulfone groups is 1. The van der Waals surface area contributed by atoms with Crippen molar-refractivity contribution in [2.45, 2.75) is 124 Å². The third-order valence-corrected chi connectivity index (χ3v) is 18.0. The number of nitrogens with zero attached hydrogens (tertiary/aromatic N) is 1. The highest BCUT2D eigenvalue weighted by atomic mass is 32.2. The zero-order chi connectivity index (χ0) is 31.9. The fourth-order valence-corrected chi connectivity index (χ4v) is 15.0. The van der Waals surface area contributed by atoms with Gasteiger partial charge in [-0.15, -0.1) is 0 Å². The molecule has 4 saturated carbocycles. The van der Waals surface area contributed by atoms with Crippen LogP contribution in [0.4, 0.5) is 4.39 Å². The minimum Gasteiger partial charge on any atom is -0.310 e. The molecule has 0 radical (unpaired) electrons. The van der Waals surface area contributed by atoms with E-state index in [0.717, 1.165) is 50.1 Å². The van der Waals surface area contributed by atoms with E-state index in [1.54, 1.807) is 11.1 Å². The predicted octanol–water partition coefficient (Wildman–Crippen LogP) is 8.15. The molecular weight excluding hydrogens is 580 g/mol. The van der Waals surface area contributed by atoms with Crippen molar-refractivity contribution in [3.05, 3.63) is 23.3 Å². The molecule has 1 N–H and O–H groups in total. The summed E-state index contributed by atoms with van der Waals surface area (Å²) in [6, 6.07) is 0. The van der Waals surface area contributed by atoms with Gasteiger partial charge in [0.1, 0.15) is 0 Å². The molecule has 0 bridgehead atoms. The van der Waals surface area contributed by atoms with Crippen LogP contribution in [-0.2, 0) is 9.84 Å². The Hall–Kier alpha value is -0.720. The summed E-state index contributed by atoms with van der Waals surface area (Å²) in [4.78, 5) is 2.37. The second kappa shape index (κ2) is 11.4. The number of halogens is 1. The van der Waals surface area contributed by atoms with Gasteiger partial charge in [0.25, 0.3) is 0 Å². The van der Waals surface area contributed by atoms with E-state index in [1.807, 2.05) is 0 Å². The van der Waals surface area contributed by atoms with Crippen molar-refractivity contribution in [2.75, 3.05) is 44.4 Å². The first-order chi connectivity index (χ1) is 21.3. The van der Waals surface area contributed by atoms with Gasteiger partial charge >= 0.3 is 0 Å². The largest absolute Gasteiger partial charge is 0.310 e. The molecule has 0 aromatic rings. The fourth-order valence-electron chi connectivity index (χ4n) is 13.7. The second-order valence-corrected chi connectivity index (χ2v) is 20.6. The van der Waals surface area contributed by atoms with Crippen LogP contribution in [0, 0.1) is 51.2 Å². The van der Waals surface area contributed by atoms with Gasteiger partial charge in [0.15, 0.2) is 9.84 Å². The summed E-state index contributed by atoms with van der Waals surface area (Å²) >= 11 is 0. The highest BCUT2D eigenvalue weighted by Crippen LogP contribution is 2.76. The number of rotatable bonds is 6. The normalized spacial score (nSPS) is 47.5. The van der Waals surface area contributed by atoms with E-state index in [2.05, 4.69) is 57.0 Å². The minimum absolute atomic E-state index is 0.169. The fraction of sp³-hybridized carbons (Fsp3) is 0.897. The Kier molecular flexibility index (Phi) is 8.33. The molecule has 254 valence electrons. The number of allylic oxidation sites excluding steroid dienone is 4. The van der Waals surface area contributed by atoms with Crippen LogP contribution in [0.3, 0.4) is 0 Å². The SMILES string of the molecule is CC1(C)C(C2=CCC(CF)CC2)=CCC2(C)C1CCC1(C)C2CCC2[C@H]3CCCC3(NCCN3CCS(=O)(=O)CC3)CC[C@]21C. The van der Waals surface area contributed by atoms with Crippen molar-refractivity contribution in [3.8, 4) is 0 Å². The molecule has 0 aromatic heterocycles. The molecule has 7 unspecified atom stereocenters. The molecule has 1 heterocycles. The van der Waals surface area contributed by atoms with Crippen molar-refractivity contribution in [1.82, 2.24) is 10.2 Å². The quantitative estimate of drug-likeness (QED) is 0.318. The van der Waals surface area contributed by atoms with Crippen LogP contribution in [0.2, 0.25) is 0 Å². The van der Waals surface area contributed by atoms with Gasteiger partial charge in [0, 0.05) is 31.7 Å². The summed E-state index contributed by atoms with van der Waals surface area (Å²) in [5.41, 5.74) is 4.73. The molecule has 1 aliphatic heterocycles. The van der Waals surface area contributed by atoms with Crippen molar-refractivity contribution >= 4 is 9.84 Å². The molecule has 7 aliphatic rings. The maximum atomic E-state index is 13.4. The van der Waals surface area contributed by atoms with Gasteiger partial charge in [-0.25, -0.2) is 8.42 Å². The first-order valence-corrected chi connectivity index (χ1v) is 20.7. The standard InChI is InChI=1S/C39H63FN2O2S/c1-35(2)30(29-10-8-28(27-40)9-11-29)14-17-36(3)33(35)15-18-38(5)34(36)13-12-31-32-7-6-16-39(32,20-19-37(31,38)4)41-21-22-42-23-25-45(43,44)26-24-42/h10,14,28,31-34,41H,6-9,11-13,15-27H2,1-5H3/t28?,31?,32-,33?,34?,36?,37-,38?,39?/m1/s1. The summed E-state index contributed by atoms with van der Waals surface area (Å²) in [7, 11) is -2.82. The second-order valence-electron chi connectivity index (χ2n) is 18.3. The van der Waals surface area contributed by atoms with Crippen LogP contribution in [0.15, 0.2) is 23.3 Å². The van der Waals surface area contributed by atoms with Gasteiger partial charge in [-0.05, 0) is 139 Å². The highest BCUT2D eigenvalue weighted by molar-refractivity contribution is 7.91. The lowest BCUT2D eigenvalue weighted by Gasteiger charge is -2.72. The number of hydrogen-bond donors (Lipinski definition) is 1. The molecule has 4 nitrogen and oxygen atoms in total. The lowest BCUT2D eigenvalue weighted by molar-refractivity contribution is -0.218. The number of alkyl halides is 1. The van der Waals surface area contributed by atoms with Crippen LogP contribution < -0.4 is 5.32 Å². The van der Waals surface area contributed by atoms with E-state index in [0.29, 0.717) is 46.8 Å². The maximum absolute atomic E-state index is 13.4. The molecule has 9 atom stereocenters. The Morgan fingerprint density at radius 2 is 1.64 bits per heavy atom. The van der Waals surface area contributed by atoms with Gasteiger partial charge in [0.2, 0.25) is 0 Å². The van der Waals surface area contributed by atoms with Gasteiger partial charge in [-0.3, -0.25) is 4.39 Å². The molecule has 1 saturated heterocycles. The zero-order valence-electron chi connectivity index (χ0n) is 29.2. The van der Waals surface area contributed by atoms with E-state index in [1.165, 1.54) is 64.2 Å². The highest BCUT2D eigenvalue weighted by Gasteiger charge is 2.69. The van der Waals surface area contributed by atoms with Gasteiger partial charge in [0.05, 0.1) is 18.2 Å². The number of nitrogens with one attached hydrogen (secondary N) is 1. The van der Waals surface area contributed by atoms with Crippen molar-refractivity contribution in [3.63, 3.8) is 0 Å². The van der Waals surface area contributed by atoms with Gasteiger partial charge < -0.3 is 10.2 Å². The topological polar surface area (TPSA) is 49.4 Å². The molecule has 5 fully saturated rings. The smallest absolute Gasteiger partial charge is 0.152 e. The van der Waals surface area contributed by atoms with Crippen molar-refractivity contribution in [1.29, 1.82) is 0 Å². The van der Waals surface area contributed by atoms with Crippen LogP contribution >= 0.6 is 0 Å². The molecule has 7 rings (SSSR count). The number of fused-ring (bicyclic) bond motifs is 7. The summed E-state index contributed by atoms with van der Waals surface area (Å²) in [5.74, 6) is 3.96. The Balaban J connectivity index is 1.09. The Morgan fingerprint density at radius 3 is 2.36 bits per heavy atom. The first-order valence-electron chi connectivity index (χ1n) is 18.9. The summed E-state index contributed by atoms with van der Waals surface area (Å²) in [5, 5.41) is 4.18.